The van der Waals surface area contributed by atoms with Crippen molar-refractivity contribution in [3.63, 3.8) is 0 Å². The number of likely N-dealkylation sites (tertiary alicyclic amines) is 1. The van der Waals surface area contributed by atoms with Gasteiger partial charge in [0, 0.05) is 12.1 Å². The number of fused-ring (bicyclic) bond motifs is 2. The summed E-state index contributed by atoms with van der Waals surface area (Å²) in [5, 5.41) is 23.6. The number of carbonyl (C=O) groups excluding carboxylic acids is 1. The van der Waals surface area contributed by atoms with E-state index in [2.05, 4.69) is 11.4 Å². The van der Waals surface area contributed by atoms with Gasteiger partial charge in [0.15, 0.2) is 0 Å². The van der Waals surface area contributed by atoms with E-state index in [0.717, 1.165) is 44.9 Å². The molecule has 0 spiro atoms. The summed E-state index contributed by atoms with van der Waals surface area (Å²) in [6.45, 7) is 1.02. The topological polar surface area (TPSA) is 76.4 Å². The molecule has 5 heteroatoms. The van der Waals surface area contributed by atoms with Crippen molar-refractivity contribution in [3.05, 3.63) is 0 Å². The van der Waals surface area contributed by atoms with E-state index in [1.54, 1.807) is 4.90 Å². The van der Waals surface area contributed by atoms with E-state index in [1.807, 2.05) is 0 Å². The molecule has 1 aliphatic heterocycles. The van der Waals surface area contributed by atoms with Gasteiger partial charge in [0.25, 0.3) is 0 Å². The Morgan fingerprint density at radius 3 is 2.91 bits per heavy atom. The number of amides is 1. The van der Waals surface area contributed by atoms with Gasteiger partial charge in [-0.15, -0.1) is 0 Å². The second-order valence-corrected chi connectivity index (χ2v) is 8.43. The number of hydrogen-bond acceptors (Lipinski definition) is 4. The zero-order valence-corrected chi connectivity index (χ0v) is 13.8. The number of nitrogens with one attached hydrogen (secondary N) is 1. The third-order valence-electron chi connectivity index (χ3n) is 6.84. The highest BCUT2D eigenvalue weighted by molar-refractivity contribution is 5.79. The Labute approximate surface area is 138 Å². The molecule has 4 fully saturated rings. The van der Waals surface area contributed by atoms with Crippen LogP contribution in [-0.4, -0.2) is 46.2 Å². The van der Waals surface area contributed by atoms with Gasteiger partial charge in [-0.1, -0.05) is 12.8 Å². The molecule has 2 N–H and O–H groups in total. The molecule has 3 aliphatic carbocycles. The summed E-state index contributed by atoms with van der Waals surface area (Å²) < 4.78 is 0. The van der Waals surface area contributed by atoms with E-state index in [0.29, 0.717) is 24.9 Å². The van der Waals surface area contributed by atoms with Crippen LogP contribution in [0.3, 0.4) is 0 Å². The fourth-order valence-corrected chi connectivity index (χ4v) is 6.00. The summed E-state index contributed by atoms with van der Waals surface area (Å²) in [6.07, 6.45) is 9.04. The molecule has 3 bridgehead atoms. The van der Waals surface area contributed by atoms with Crippen LogP contribution in [0.2, 0.25) is 0 Å². The Morgan fingerprint density at radius 1 is 1.26 bits per heavy atom. The maximum Gasteiger partial charge on any atom is 0.237 e. The van der Waals surface area contributed by atoms with Crippen LogP contribution in [0, 0.1) is 23.2 Å². The molecule has 0 aromatic carbocycles. The highest BCUT2D eigenvalue weighted by atomic mass is 16.3. The van der Waals surface area contributed by atoms with Gasteiger partial charge in [-0.25, -0.2) is 0 Å². The Hall–Kier alpha value is -1.12. The molecular weight excluding hydrogens is 290 g/mol. The van der Waals surface area contributed by atoms with Gasteiger partial charge >= 0.3 is 0 Å². The van der Waals surface area contributed by atoms with Crippen LogP contribution in [0.25, 0.3) is 0 Å². The highest BCUT2D eigenvalue weighted by Gasteiger charge is 2.56. The zero-order chi connectivity index (χ0) is 16.1. The van der Waals surface area contributed by atoms with E-state index >= 15 is 0 Å². The van der Waals surface area contributed by atoms with Crippen LogP contribution in [0.15, 0.2) is 0 Å². The summed E-state index contributed by atoms with van der Waals surface area (Å²) in [5.74, 6) is 1.36. The minimum Gasteiger partial charge on any atom is -0.390 e. The van der Waals surface area contributed by atoms with Gasteiger partial charge in [0.05, 0.1) is 18.2 Å². The number of nitrogens with zero attached hydrogens (tertiary/aromatic N) is 2. The zero-order valence-electron chi connectivity index (χ0n) is 13.8. The van der Waals surface area contributed by atoms with Crippen LogP contribution in [0.5, 0.6) is 0 Å². The van der Waals surface area contributed by atoms with Crippen molar-refractivity contribution in [2.45, 2.75) is 75.0 Å². The molecule has 4 unspecified atom stereocenters. The molecule has 0 aromatic heterocycles. The van der Waals surface area contributed by atoms with E-state index < -0.39 is 5.60 Å². The van der Waals surface area contributed by atoms with E-state index in [4.69, 9.17) is 5.26 Å². The molecular formula is C18H27N3O2. The average Bonchev–Trinajstić information content (AvgIpc) is 3.04. The van der Waals surface area contributed by atoms with Crippen molar-refractivity contribution in [2.24, 2.45) is 11.8 Å². The minimum absolute atomic E-state index is 0.0501. The molecule has 1 saturated heterocycles. The first-order chi connectivity index (χ1) is 11.0. The number of aliphatic hydroxyl groups is 1. The lowest BCUT2D eigenvalue weighted by molar-refractivity contribution is -0.131. The summed E-state index contributed by atoms with van der Waals surface area (Å²) in [7, 11) is 0. The quantitative estimate of drug-likeness (QED) is 0.828. The van der Waals surface area contributed by atoms with Gasteiger partial charge in [0.1, 0.15) is 6.04 Å². The number of rotatable bonds is 3. The van der Waals surface area contributed by atoms with Crippen LogP contribution in [0.4, 0.5) is 0 Å². The molecule has 1 amide bonds. The van der Waals surface area contributed by atoms with E-state index in [-0.39, 0.29) is 17.5 Å². The minimum atomic E-state index is -0.507. The first kappa shape index (κ1) is 15.4. The SMILES string of the molecule is N#C[C@@H]1CCCN1C(=O)CNC12CCCC3CC(O)(CC3C1)C2. The third-order valence-corrected chi connectivity index (χ3v) is 6.84. The van der Waals surface area contributed by atoms with Crippen molar-refractivity contribution in [1.29, 1.82) is 5.26 Å². The van der Waals surface area contributed by atoms with E-state index in [9.17, 15) is 9.90 Å². The first-order valence-corrected chi connectivity index (χ1v) is 9.19. The van der Waals surface area contributed by atoms with Gasteiger partial charge in [-0.05, 0) is 56.8 Å². The molecule has 4 aliphatic rings. The molecule has 0 aromatic rings. The Morgan fingerprint density at radius 2 is 2.09 bits per heavy atom. The molecule has 1 heterocycles. The Bertz CT molecular complexity index is 545. The van der Waals surface area contributed by atoms with Crippen molar-refractivity contribution in [2.75, 3.05) is 13.1 Å². The van der Waals surface area contributed by atoms with E-state index in [1.165, 1.54) is 12.8 Å². The third kappa shape index (κ3) is 2.66. The lowest BCUT2D eigenvalue weighted by Crippen LogP contribution is -2.56. The average molecular weight is 317 g/mol. The molecule has 5 atom stereocenters. The van der Waals surface area contributed by atoms with Crippen molar-refractivity contribution in [3.8, 4) is 6.07 Å². The maximum atomic E-state index is 12.5. The van der Waals surface area contributed by atoms with Gasteiger partial charge < -0.3 is 15.3 Å². The maximum absolute atomic E-state index is 12.5. The molecule has 126 valence electrons. The van der Waals surface area contributed by atoms with Crippen molar-refractivity contribution in [1.82, 2.24) is 10.2 Å². The molecule has 0 radical (unpaired) electrons. The van der Waals surface area contributed by atoms with Gasteiger partial charge in [-0.2, -0.15) is 5.26 Å². The molecule has 4 rings (SSSR count). The predicted octanol–water partition coefficient (Wildman–Crippen LogP) is 1.56. The van der Waals surface area contributed by atoms with Gasteiger partial charge in [-0.3, -0.25) is 4.79 Å². The predicted molar refractivity (Wildman–Crippen MR) is 85.3 cm³/mol. The van der Waals surface area contributed by atoms with Crippen LogP contribution in [-0.2, 0) is 4.79 Å². The largest absolute Gasteiger partial charge is 0.390 e. The van der Waals surface area contributed by atoms with Crippen LogP contribution < -0.4 is 5.32 Å². The summed E-state index contributed by atoms with van der Waals surface area (Å²) in [6, 6.07) is 2.00. The standard InChI is InChI=1S/C18H27N3O2/c19-10-15-4-2-6-21(15)16(22)11-20-17-5-1-3-13-8-18(23,12-17)9-14(13)7-17/h13-15,20,23H,1-9,11-12H2/t13?,14?,15-,17?,18?/m0/s1. The summed E-state index contributed by atoms with van der Waals surface area (Å²) in [5.41, 5.74) is -0.576. The first-order valence-electron chi connectivity index (χ1n) is 9.19. The van der Waals surface area contributed by atoms with Gasteiger partial charge in [0.2, 0.25) is 5.91 Å². The van der Waals surface area contributed by atoms with Crippen molar-refractivity contribution < 1.29 is 9.90 Å². The monoisotopic (exact) mass is 317 g/mol. The molecule has 5 nitrogen and oxygen atoms in total. The second kappa shape index (κ2) is 5.46. The van der Waals surface area contributed by atoms with Crippen molar-refractivity contribution >= 4 is 5.91 Å². The van der Waals surface area contributed by atoms with Crippen LogP contribution >= 0.6 is 0 Å². The van der Waals surface area contributed by atoms with Crippen LogP contribution in [0.1, 0.15) is 57.8 Å². The fraction of sp³-hybridized carbons (Fsp3) is 0.889. The summed E-state index contributed by atoms with van der Waals surface area (Å²) in [4.78, 5) is 14.3. The number of carbonyl (C=O) groups is 1. The Kier molecular flexibility index (Phi) is 3.66. The fourth-order valence-electron chi connectivity index (χ4n) is 6.00. The molecule has 23 heavy (non-hydrogen) atoms. The number of nitriles is 1. The summed E-state index contributed by atoms with van der Waals surface area (Å²) >= 11 is 0. The second-order valence-electron chi connectivity index (χ2n) is 8.43. The Balaban J connectivity index is 1.44. The molecule has 3 saturated carbocycles. The number of hydrogen-bond donors (Lipinski definition) is 2. The lowest BCUT2D eigenvalue weighted by Gasteiger charge is -2.44. The normalized spacial score (nSPS) is 45.0. The lowest BCUT2D eigenvalue weighted by atomic mass is 9.71. The highest BCUT2D eigenvalue weighted by Crippen LogP contribution is 2.56. The smallest absolute Gasteiger partial charge is 0.237 e.